The van der Waals surface area contributed by atoms with E-state index < -0.39 is 0 Å². The topological polar surface area (TPSA) is 115 Å². The molecule has 3 rings (SSSR count). The van der Waals surface area contributed by atoms with Gasteiger partial charge in [-0.05, 0) is 37.2 Å². The second-order valence-corrected chi connectivity index (χ2v) is 6.41. The lowest BCUT2D eigenvalue weighted by Crippen LogP contribution is -2.37. The number of hydrogen-bond donors (Lipinski definition) is 3. The molecule has 1 aliphatic heterocycles. The molecule has 28 heavy (non-hydrogen) atoms. The second-order valence-electron chi connectivity index (χ2n) is 6.41. The van der Waals surface area contributed by atoms with Gasteiger partial charge in [-0.15, -0.1) is 0 Å². The lowest BCUT2D eigenvalue weighted by Gasteiger charge is -2.26. The number of ether oxygens (including phenoxy) is 2. The van der Waals surface area contributed by atoms with Gasteiger partial charge in [0.2, 0.25) is 0 Å². The number of benzene rings is 1. The number of nitrogens with zero attached hydrogens (tertiary/aromatic N) is 3. The van der Waals surface area contributed by atoms with Crippen LogP contribution < -0.4 is 16.4 Å². The summed E-state index contributed by atoms with van der Waals surface area (Å²) in [6.07, 6.45) is 2.45. The number of nitrogen functional groups attached to an aromatic ring is 1. The molecule has 9 heteroatoms. The normalized spacial score (nSPS) is 14.5. The van der Waals surface area contributed by atoms with E-state index in [1.807, 2.05) is 0 Å². The standard InChI is InChI=1S/C19H26N6O3/c1-27-19(26)14-3-5-15(6-4-14)24-18-16(20)17(22-13-23-18)21-7-2-8-25-9-11-28-12-10-25/h3-6,13H,2,7-12,20H2,1H3,(H2,21,22,23,24). The summed E-state index contributed by atoms with van der Waals surface area (Å²) in [4.78, 5) is 22.3. The van der Waals surface area contributed by atoms with Gasteiger partial charge in [0.15, 0.2) is 11.6 Å². The van der Waals surface area contributed by atoms with Crippen LogP contribution in [-0.4, -0.2) is 67.3 Å². The van der Waals surface area contributed by atoms with Gasteiger partial charge in [0, 0.05) is 25.3 Å². The molecule has 1 aromatic heterocycles. The maximum absolute atomic E-state index is 11.5. The van der Waals surface area contributed by atoms with Gasteiger partial charge in [-0.2, -0.15) is 0 Å². The Morgan fingerprint density at radius 1 is 1.21 bits per heavy atom. The van der Waals surface area contributed by atoms with Crippen LogP contribution in [0.4, 0.5) is 23.0 Å². The zero-order valence-electron chi connectivity index (χ0n) is 16.0. The van der Waals surface area contributed by atoms with Gasteiger partial charge in [0.1, 0.15) is 12.0 Å². The number of nitrogens with two attached hydrogens (primary N) is 1. The number of aromatic nitrogens is 2. The van der Waals surface area contributed by atoms with Crippen LogP contribution in [0.3, 0.4) is 0 Å². The lowest BCUT2D eigenvalue weighted by atomic mass is 10.2. The Balaban J connectivity index is 1.54. The monoisotopic (exact) mass is 386 g/mol. The number of esters is 1. The fourth-order valence-corrected chi connectivity index (χ4v) is 2.91. The number of carbonyl (C=O) groups excluding carboxylic acids is 1. The molecule has 2 heterocycles. The van der Waals surface area contributed by atoms with Gasteiger partial charge in [-0.3, -0.25) is 4.90 Å². The maximum atomic E-state index is 11.5. The molecule has 0 amide bonds. The van der Waals surface area contributed by atoms with E-state index in [2.05, 4.69) is 25.5 Å². The number of morpholine rings is 1. The van der Waals surface area contributed by atoms with E-state index >= 15 is 0 Å². The number of hydrogen-bond acceptors (Lipinski definition) is 9. The van der Waals surface area contributed by atoms with Crippen LogP contribution in [0.2, 0.25) is 0 Å². The molecule has 9 nitrogen and oxygen atoms in total. The van der Waals surface area contributed by atoms with E-state index in [-0.39, 0.29) is 5.97 Å². The minimum atomic E-state index is -0.378. The Morgan fingerprint density at radius 3 is 2.64 bits per heavy atom. The fourth-order valence-electron chi connectivity index (χ4n) is 2.91. The smallest absolute Gasteiger partial charge is 0.337 e. The van der Waals surface area contributed by atoms with Crippen molar-refractivity contribution in [3.63, 3.8) is 0 Å². The van der Waals surface area contributed by atoms with E-state index in [1.165, 1.54) is 13.4 Å². The molecule has 1 saturated heterocycles. The van der Waals surface area contributed by atoms with Gasteiger partial charge in [-0.25, -0.2) is 14.8 Å². The zero-order chi connectivity index (χ0) is 19.8. The molecule has 0 unspecified atom stereocenters. The minimum absolute atomic E-state index is 0.378. The Bertz CT molecular complexity index is 778. The van der Waals surface area contributed by atoms with Crippen LogP contribution in [0.1, 0.15) is 16.8 Å². The third kappa shape index (κ3) is 5.30. The number of methoxy groups -OCH3 is 1. The largest absolute Gasteiger partial charge is 0.465 e. The average Bonchev–Trinajstić information content (AvgIpc) is 2.74. The molecule has 0 aliphatic carbocycles. The van der Waals surface area contributed by atoms with Crippen molar-refractivity contribution >= 4 is 29.0 Å². The molecule has 0 radical (unpaired) electrons. The highest BCUT2D eigenvalue weighted by molar-refractivity contribution is 5.90. The lowest BCUT2D eigenvalue weighted by molar-refractivity contribution is 0.0378. The molecule has 2 aromatic rings. The molecule has 1 aromatic carbocycles. The Morgan fingerprint density at radius 2 is 1.93 bits per heavy atom. The first kappa shape index (κ1) is 19.8. The van der Waals surface area contributed by atoms with Gasteiger partial charge < -0.3 is 25.8 Å². The van der Waals surface area contributed by atoms with Crippen LogP contribution in [0.25, 0.3) is 0 Å². The van der Waals surface area contributed by atoms with Crippen molar-refractivity contribution in [1.82, 2.24) is 14.9 Å². The molecule has 4 N–H and O–H groups in total. The highest BCUT2D eigenvalue weighted by Gasteiger charge is 2.11. The summed E-state index contributed by atoms with van der Waals surface area (Å²) in [5.41, 5.74) is 7.89. The Hall–Kier alpha value is -2.91. The number of nitrogens with one attached hydrogen (secondary N) is 2. The molecular weight excluding hydrogens is 360 g/mol. The van der Waals surface area contributed by atoms with Crippen LogP contribution in [-0.2, 0) is 9.47 Å². The average molecular weight is 386 g/mol. The summed E-state index contributed by atoms with van der Waals surface area (Å²) in [6.45, 7) is 5.37. The van der Waals surface area contributed by atoms with Crippen LogP contribution >= 0.6 is 0 Å². The molecule has 150 valence electrons. The van der Waals surface area contributed by atoms with Crippen LogP contribution in [0.15, 0.2) is 30.6 Å². The molecule has 0 bridgehead atoms. The summed E-state index contributed by atoms with van der Waals surface area (Å²) in [5.74, 6) is 0.735. The summed E-state index contributed by atoms with van der Waals surface area (Å²) < 4.78 is 10.1. The second kappa shape index (κ2) is 9.86. The summed E-state index contributed by atoms with van der Waals surface area (Å²) in [6, 6.07) is 6.89. The number of anilines is 4. The molecule has 1 fully saturated rings. The van der Waals surface area contributed by atoms with Crippen molar-refractivity contribution in [3.8, 4) is 0 Å². The number of carbonyl (C=O) groups is 1. The molecule has 0 atom stereocenters. The summed E-state index contributed by atoms with van der Waals surface area (Å²) >= 11 is 0. The first-order chi connectivity index (χ1) is 13.7. The Kier molecular flexibility index (Phi) is 6.99. The third-order valence-corrected chi connectivity index (χ3v) is 4.50. The van der Waals surface area contributed by atoms with Gasteiger partial charge in [0.25, 0.3) is 0 Å². The first-order valence-electron chi connectivity index (χ1n) is 9.27. The maximum Gasteiger partial charge on any atom is 0.337 e. The van der Waals surface area contributed by atoms with E-state index in [0.717, 1.165) is 51.5 Å². The van der Waals surface area contributed by atoms with Crippen molar-refractivity contribution in [1.29, 1.82) is 0 Å². The quantitative estimate of drug-likeness (QED) is 0.461. The first-order valence-corrected chi connectivity index (χ1v) is 9.27. The van der Waals surface area contributed by atoms with Gasteiger partial charge in [0.05, 0.1) is 25.9 Å². The van der Waals surface area contributed by atoms with Gasteiger partial charge >= 0.3 is 5.97 Å². The van der Waals surface area contributed by atoms with E-state index in [0.29, 0.717) is 22.9 Å². The number of rotatable bonds is 8. The SMILES string of the molecule is COC(=O)c1ccc(Nc2ncnc(NCCCN3CCOCC3)c2N)cc1. The van der Waals surface area contributed by atoms with Crippen LogP contribution in [0, 0.1) is 0 Å². The highest BCUT2D eigenvalue weighted by atomic mass is 16.5. The van der Waals surface area contributed by atoms with Crippen LogP contribution in [0.5, 0.6) is 0 Å². The summed E-state index contributed by atoms with van der Waals surface area (Å²) in [5, 5.41) is 6.42. The van der Waals surface area contributed by atoms with Gasteiger partial charge in [-0.1, -0.05) is 0 Å². The van der Waals surface area contributed by atoms with Crippen molar-refractivity contribution in [2.45, 2.75) is 6.42 Å². The molecule has 0 saturated carbocycles. The highest BCUT2D eigenvalue weighted by Crippen LogP contribution is 2.25. The van der Waals surface area contributed by atoms with Crippen molar-refractivity contribution in [2.75, 3.05) is 62.9 Å². The zero-order valence-corrected chi connectivity index (χ0v) is 16.0. The van der Waals surface area contributed by atoms with Crippen molar-refractivity contribution < 1.29 is 14.3 Å². The Labute approximate surface area is 164 Å². The predicted octanol–water partition coefficient (Wildman–Crippen LogP) is 1.72. The fraction of sp³-hybridized carbons (Fsp3) is 0.421. The molecule has 0 spiro atoms. The van der Waals surface area contributed by atoms with E-state index in [9.17, 15) is 4.79 Å². The minimum Gasteiger partial charge on any atom is -0.465 e. The summed E-state index contributed by atoms with van der Waals surface area (Å²) in [7, 11) is 1.35. The third-order valence-electron chi connectivity index (χ3n) is 4.50. The van der Waals surface area contributed by atoms with Crippen molar-refractivity contribution in [2.24, 2.45) is 0 Å². The predicted molar refractivity (Wildman–Crippen MR) is 108 cm³/mol. The van der Waals surface area contributed by atoms with E-state index in [4.69, 9.17) is 15.2 Å². The van der Waals surface area contributed by atoms with E-state index in [1.54, 1.807) is 24.3 Å². The molecular formula is C19H26N6O3. The van der Waals surface area contributed by atoms with Crippen molar-refractivity contribution in [3.05, 3.63) is 36.2 Å². The molecule has 1 aliphatic rings.